The van der Waals surface area contributed by atoms with Crippen molar-refractivity contribution in [1.82, 2.24) is 4.90 Å². The number of carbonyl (C=O) groups excluding carboxylic acids is 3. The normalized spacial score (nSPS) is 13.2. The summed E-state index contributed by atoms with van der Waals surface area (Å²) < 4.78 is 5.08. The molecule has 0 saturated heterocycles. The molecule has 2 aromatic carbocycles. The summed E-state index contributed by atoms with van der Waals surface area (Å²) >= 11 is 5.80. The minimum absolute atomic E-state index is 0.258. The van der Waals surface area contributed by atoms with Gasteiger partial charge in [0.25, 0.3) is 11.8 Å². The fourth-order valence-corrected chi connectivity index (χ4v) is 2.39. The van der Waals surface area contributed by atoms with Crippen molar-refractivity contribution in [3.05, 3.63) is 64.7 Å². The van der Waals surface area contributed by atoms with Crippen LogP contribution in [0, 0.1) is 0 Å². The van der Waals surface area contributed by atoms with E-state index in [1.165, 1.54) is 6.07 Å². The van der Waals surface area contributed by atoms with Gasteiger partial charge in [-0.2, -0.15) is 0 Å². The van der Waals surface area contributed by atoms with Crippen LogP contribution in [0.4, 0.5) is 0 Å². The van der Waals surface area contributed by atoms with Crippen molar-refractivity contribution >= 4 is 29.4 Å². The number of halogens is 1. The van der Waals surface area contributed by atoms with E-state index in [0.29, 0.717) is 16.1 Å². The van der Waals surface area contributed by atoms with Gasteiger partial charge in [0.05, 0.1) is 11.1 Å². The van der Waals surface area contributed by atoms with Crippen molar-refractivity contribution < 1.29 is 19.1 Å². The van der Waals surface area contributed by atoms with Crippen LogP contribution >= 0.6 is 11.6 Å². The summed E-state index contributed by atoms with van der Waals surface area (Å²) in [6.07, 6.45) is 0. The lowest BCUT2D eigenvalue weighted by molar-refractivity contribution is -0.134. The number of benzene rings is 2. The smallest absolute Gasteiger partial charge is 0.331 e. The summed E-state index contributed by atoms with van der Waals surface area (Å²) in [5.41, 5.74) is 0.589. The Labute approximate surface area is 131 Å². The van der Waals surface area contributed by atoms with Crippen molar-refractivity contribution in [2.45, 2.75) is 0 Å². The molecule has 0 aliphatic carbocycles. The molecule has 0 aromatic heterocycles. The quantitative estimate of drug-likeness (QED) is 0.496. The molecule has 1 heterocycles. The van der Waals surface area contributed by atoms with Crippen LogP contribution in [0.15, 0.2) is 48.5 Å². The Morgan fingerprint density at radius 2 is 1.64 bits per heavy atom. The topological polar surface area (TPSA) is 63.7 Å². The monoisotopic (exact) mass is 315 g/mol. The maximum Gasteiger partial charge on any atom is 0.331 e. The highest BCUT2D eigenvalue weighted by atomic mass is 35.5. The van der Waals surface area contributed by atoms with Crippen LogP contribution in [-0.4, -0.2) is 29.2 Å². The molecule has 1 aliphatic heterocycles. The SMILES string of the molecule is O=C(CN1C(=O)c2ccccc2C1=O)Oc1cccc(Cl)c1. The third-order valence-corrected chi connectivity index (χ3v) is 3.43. The van der Waals surface area contributed by atoms with Gasteiger partial charge in [-0.05, 0) is 30.3 Å². The van der Waals surface area contributed by atoms with E-state index in [1.807, 2.05) is 0 Å². The molecule has 1 aliphatic rings. The van der Waals surface area contributed by atoms with Crippen LogP contribution in [0.5, 0.6) is 5.75 Å². The molecule has 0 fully saturated rings. The number of amides is 2. The molecule has 6 heteroatoms. The Kier molecular flexibility index (Phi) is 3.65. The van der Waals surface area contributed by atoms with E-state index in [-0.39, 0.29) is 5.75 Å². The second kappa shape index (κ2) is 5.61. The summed E-state index contributed by atoms with van der Waals surface area (Å²) in [6.45, 7) is -0.446. The van der Waals surface area contributed by atoms with E-state index in [1.54, 1.807) is 42.5 Å². The predicted octanol–water partition coefficient (Wildman–Crippen LogP) is 2.54. The van der Waals surface area contributed by atoms with Gasteiger partial charge >= 0.3 is 5.97 Å². The van der Waals surface area contributed by atoms with Gasteiger partial charge in [-0.25, -0.2) is 4.79 Å². The van der Waals surface area contributed by atoms with Gasteiger partial charge in [0.1, 0.15) is 12.3 Å². The van der Waals surface area contributed by atoms with Crippen molar-refractivity contribution in [2.75, 3.05) is 6.54 Å². The van der Waals surface area contributed by atoms with Gasteiger partial charge in [0, 0.05) is 5.02 Å². The zero-order valence-corrected chi connectivity index (χ0v) is 12.0. The van der Waals surface area contributed by atoms with E-state index in [0.717, 1.165) is 4.90 Å². The average molecular weight is 316 g/mol. The zero-order valence-electron chi connectivity index (χ0n) is 11.3. The van der Waals surface area contributed by atoms with Gasteiger partial charge in [-0.15, -0.1) is 0 Å². The Bertz CT molecular complexity index is 752. The lowest BCUT2D eigenvalue weighted by Gasteiger charge is -2.12. The molecular weight excluding hydrogens is 306 g/mol. The largest absolute Gasteiger partial charge is 0.425 e. The van der Waals surface area contributed by atoms with Crippen LogP contribution in [0.2, 0.25) is 5.02 Å². The van der Waals surface area contributed by atoms with Gasteiger partial charge in [-0.3, -0.25) is 14.5 Å². The number of carbonyl (C=O) groups is 3. The number of fused-ring (bicyclic) bond motifs is 1. The van der Waals surface area contributed by atoms with Crippen molar-refractivity contribution in [2.24, 2.45) is 0 Å². The van der Waals surface area contributed by atoms with Gasteiger partial charge in [0.15, 0.2) is 0 Å². The highest BCUT2D eigenvalue weighted by Gasteiger charge is 2.36. The molecule has 2 amide bonds. The van der Waals surface area contributed by atoms with Crippen LogP contribution in [0.3, 0.4) is 0 Å². The van der Waals surface area contributed by atoms with E-state index in [2.05, 4.69) is 0 Å². The lowest BCUT2D eigenvalue weighted by atomic mass is 10.1. The Balaban J connectivity index is 1.73. The number of esters is 1. The number of hydrogen-bond acceptors (Lipinski definition) is 4. The molecule has 22 heavy (non-hydrogen) atoms. The summed E-state index contributed by atoms with van der Waals surface area (Å²) in [5.74, 6) is -1.45. The number of hydrogen-bond donors (Lipinski definition) is 0. The number of nitrogens with zero attached hydrogens (tertiary/aromatic N) is 1. The summed E-state index contributed by atoms with van der Waals surface area (Å²) in [5, 5.41) is 0.422. The molecule has 0 radical (unpaired) electrons. The predicted molar refractivity (Wildman–Crippen MR) is 78.9 cm³/mol. The van der Waals surface area contributed by atoms with Crippen LogP contribution in [-0.2, 0) is 4.79 Å². The van der Waals surface area contributed by atoms with Crippen molar-refractivity contribution in [1.29, 1.82) is 0 Å². The van der Waals surface area contributed by atoms with Gasteiger partial charge in [-0.1, -0.05) is 29.8 Å². The molecule has 0 atom stereocenters. The van der Waals surface area contributed by atoms with Crippen LogP contribution < -0.4 is 4.74 Å². The first-order valence-corrected chi connectivity index (χ1v) is 6.85. The maximum absolute atomic E-state index is 12.1. The fraction of sp³-hybridized carbons (Fsp3) is 0.0625. The Morgan fingerprint density at radius 1 is 1.00 bits per heavy atom. The molecule has 0 saturated carbocycles. The molecule has 0 bridgehead atoms. The molecule has 2 aromatic rings. The summed E-state index contributed by atoms with van der Waals surface area (Å²) in [4.78, 5) is 37.0. The summed E-state index contributed by atoms with van der Waals surface area (Å²) in [6, 6.07) is 12.7. The first kappa shape index (κ1) is 14.3. The molecule has 0 N–H and O–H groups in total. The van der Waals surface area contributed by atoms with Gasteiger partial charge < -0.3 is 4.74 Å². The lowest BCUT2D eigenvalue weighted by Crippen LogP contribution is -2.36. The molecule has 0 spiro atoms. The fourth-order valence-electron chi connectivity index (χ4n) is 2.21. The molecule has 0 unspecified atom stereocenters. The van der Waals surface area contributed by atoms with E-state index < -0.39 is 24.3 Å². The third-order valence-electron chi connectivity index (χ3n) is 3.19. The van der Waals surface area contributed by atoms with E-state index >= 15 is 0 Å². The highest BCUT2D eigenvalue weighted by molar-refractivity contribution is 6.30. The van der Waals surface area contributed by atoms with E-state index in [9.17, 15) is 14.4 Å². The number of imide groups is 1. The first-order valence-electron chi connectivity index (χ1n) is 6.48. The highest BCUT2D eigenvalue weighted by Crippen LogP contribution is 2.22. The van der Waals surface area contributed by atoms with Crippen LogP contribution in [0.1, 0.15) is 20.7 Å². The second-order valence-corrected chi connectivity index (χ2v) is 5.11. The van der Waals surface area contributed by atoms with E-state index in [4.69, 9.17) is 16.3 Å². The first-order chi connectivity index (χ1) is 10.6. The Hall–Kier alpha value is -2.66. The zero-order chi connectivity index (χ0) is 15.7. The van der Waals surface area contributed by atoms with Gasteiger partial charge in [0.2, 0.25) is 0 Å². The third kappa shape index (κ3) is 2.58. The molecule has 110 valence electrons. The Morgan fingerprint density at radius 3 is 2.23 bits per heavy atom. The number of rotatable bonds is 3. The van der Waals surface area contributed by atoms with Crippen LogP contribution in [0.25, 0.3) is 0 Å². The average Bonchev–Trinajstić information content (AvgIpc) is 2.73. The summed E-state index contributed by atoms with van der Waals surface area (Å²) in [7, 11) is 0. The van der Waals surface area contributed by atoms with Crippen molar-refractivity contribution in [3.63, 3.8) is 0 Å². The maximum atomic E-state index is 12.1. The molecule has 5 nitrogen and oxygen atoms in total. The molecular formula is C16H10ClNO4. The standard InChI is InChI=1S/C16H10ClNO4/c17-10-4-3-5-11(8-10)22-14(19)9-18-15(20)12-6-1-2-7-13(12)16(18)21/h1-8H,9H2. The number of ether oxygens (including phenoxy) is 1. The minimum atomic E-state index is -0.711. The molecule has 3 rings (SSSR count). The van der Waals surface area contributed by atoms with Crippen molar-refractivity contribution in [3.8, 4) is 5.75 Å². The second-order valence-electron chi connectivity index (χ2n) is 4.67. The minimum Gasteiger partial charge on any atom is -0.425 e.